The van der Waals surface area contributed by atoms with Crippen molar-refractivity contribution in [1.29, 1.82) is 0 Å². The van der Waals surface area contributed by atoms with Crippen LogP contribution in [0.15, 0.2) is 22.7 Å². The summed E-state index contributed by atoms with van der Waals surface area (Å²) >= 11 is 3.11. The van der Waals surface area contributed by atoms with Crippen LogP contribution in [0.4, 0.5) is 18.9 Å². The number of hydrogen-bond acceptors (Lipinski definition) is 3. The first-order chi connectivity index (χ1) is 9.77. The van der Waals surface area contributed by atoms with Gasteiger partial charge in [0.05, 0.1) is 15.3 Å². The number of likely N-dealkylation sites (tertiary alicyclic amines) is 1. The zero-order chi connectivity index (χ0) is 15.6. The van der Waals surface area contributed by atoms with Gasteiger partial charge in [0.15, 0.2) is 0 Å². The molecule has 0 saturated carbocycles. The van der Waals surface area contributed by atoms with E-state index in [1.165, 1.54) is 6.07 Å². The molecule has 0 atom stereocenters. The summed E-state index contributed by atoms with van der Waals surface area (Å²) in [5.74, 6) is -1.23. The average Bonchev–Trinajstić information content (AvgIpc) is 2.40. The van der Waals surface area contributed by atoms with Gasteiger partial charge in [0.25, 0.3) is 5.69 Å². The largest absolute Gasteiger partial charge is 0.391 e. The number of alkyl halides is 3. The Morgan fingerprint density at radius 1 is 1.33 bits per heavy atom. The molecule has 0 radical (unpaired) electrons. The lowest BCUT2D eigenvalue weighted by molar-refractivity contribution is -0.385. The van der Waals surface area contributed by atoms with E-state index in [2.05, 4.69) is 15.9 Å². The lowest BCUT2D eigenvalue weighted by Crippen LogP contribution is -2.38. The molecule has 8 heteroatoms. The molecule has 0 unspecified atom stereocenters. The van der Waals surface area contributed by atoms with E-state index in [1.807, 2.05) is 4.90 Å². The lowest BCUT2D eigenvalue weighted by Gasteiger charge is -2.32. The van der Waals surface area contributed by atoms with Gasteiger partial charge in [0.1, 0.15) is 0 Å². The van der Waals surface area contributed by atoms with Gasteiger partial charge in [-0.15, -0.1) is 0 Å². The molecular formula is C13H14BrF3N2O2. The number of rotatable bonds is 3. The Labute approximate surface area is 128 Å². The van der Waals surface area contributed by atoms with E-state index in [-0.39, 0.29) is 18.5 Å². The number of nitrogens with zero attached hydrogens (tertiary/aromatic N) is 2. The molecule has 1 aromatic carbocycles. The molecule has 0 bridgehead atoms. The third-order valence-corrected chi connectivity index (χ3v) is 4.33. The average molecular weight is 367 g/mol. The van der Waals surface area contributed by atoms with Crippen LogP contribution in [0.25, 0.3) is 0 Å². The minimum absolute atomic E-state index is 0.0299. The number of halogens is 4. The molecule has 1 aromatic rings. The first-order valence-corrected chi connectivity index (χ1v) is 7.28. The quantitative estimate of drug-likeness (QED) is 0.596. The molecule has 21 heavy (non-hydrogen) atoms. The van der Waals surface area contributed by atoms with Crippen molar-refractivity contribution in [1.82, 2.24) is 4.90 Å². The Balaban J connectivity index is 1.98. The number of benzene rings is 1. The van der Waals surface area contributed by atoms with Crippen molar-refractivity contribution in [2.24, 2.45) is 5.92 Å². The molecule has 2 rings (SSSR count). The molecule has 0 N–H and O–H groups in total. The van der Waals surface area contributed by atoms with Gasteiger partial charge >= 0.3 is 6.18 Å². The Kier molecular flexibility index (Phi) is 4.88. The zero-order valence-electron chi connectivity index (χ0n) is 11.1. The monoisotopic (exact) mass is 366 g/mol. The maximum absolute atomic E-state index is 12.6. The van der Waals surface area contributed by atoms with Gasteiger partial charge in [-0.05, 0) is 53.5 Å². The van der Waals surface area contributed by atoms with Gasteiger partial charge in [0, 0.05) is 12.6 Å². The Morgan fingerprint density at radius 2 is 1.95 bits per heavy atom. The standard InChI is InChI=1S/C13H14BrF3N2O2/c14-11-2-1-9(7-12(11)19(20)21)8-18-5-3-10(4-6-18)13(15,16)17/h1-2,7,10H,3-6,8H2. The summed E-state index contributed by atoms with van der Waals surface area (Å²) in [4.78, 5) is 12.3. The van der Waals surface area contributed by atoms with Gasteiger partial charge in [0.2, 0.25) is 0 Å². The summed E-state index contributed by atoms with van der Waals surface area (Å²) < 4.78 is 38.1. The molecule has 1 saturated heterocycles. The van der Waals surface area contributed by atoms with E-state index in [0.717, 1.165) is 5.56 Å². The smallest absolute Gasteiger partial charge is 0.299 e. The minimum atomic E-state index is -4.12. The summed E-state index contributed by atoms with van der Waals surface area (Å²) in [6.45, 7) is 1.14. The lowest BCUT2D eigenvalue weighted by atomic mass is 9.96. The maximum Gasteiger partial charge on any atom is 0.391 e. The van der Waals surface area contributed by atoms with Crippen LogP contribution in [0.3, 0.4) is 0 Å². The number of nitro benzene ring substituents is 1. The molecule has 1 aliphatic heterocycles. The maximum atomic E-state index is 12.6. The SMILES string of the molecule is O=[N+]([O-])c1cc(CN2CCC(C(F)(F)F)CC2)ccc1Br. The van der Waals surface area contributed by atoms with Crippen LogP contribution >= 0.6 is 15.9 Å². The molecule has 0 aliphatic carbocycles. The number of nitro groups is 1. The highest BCUT2D eigenvalue weighted by Gasteiger charge is 2.40. The van der Waals surface area contributed by atoms with Crippen LogP contribution in [0.5, 0.6) is 0 Å². The molecular weight excluding hydrogens is 353 g/mol. The minimum Gasteiger partial charge on any atom is -0.299 e. The van der Waals surface area contributed by atoms with Crippen molar-refractivity contribution < 1.29 is 18.1 Å². The highest BCUT2D eigenvalue weighted by Crippen LogP contribution is 2.34. The first kappa shape index (κ1) is 16.2. The molecule has 1 heterocycles. The number of hydrogen-bond donors (Lipinski definition) is 0. The Hall–Kier alpha value is -1.15. The third-order valence-electron chi connectivity index (χ3n) is 3.66. The van der Waals surface area contributed by atoms with Crippen molar-refractivity contribution in [3.63, 3.8) is 0 Å². The molecule has 1 fully saturated rings. The summed E-state index contributed by atoms with van der Waals surface area (Å²) in [7, 11) is 0. The summed E-state index contributed by atoms with van der Waals surface area (Å²) in [5, 5.41) is 10.9. The van der Waals surface area contributed by atoms with Crippen molar-refractivity contribution in [2.75, 3.05) is 13.1 Å². The van der Waals surface area contributed by atoms with Gasteiger partial charge in [-0.1, -0.05) is 6.07 Å². The second kappa shape index (κ2) is 6.31. The van der Waals surface area contributed by atoms with Crippen LogP contribution in [-0.2, 0) is 6.54 Å². The fourth-order valence-electron chi connectivity index (χ4n) is 2.47. The summed E-state index contributed by atoms with van der Waals surface area (Å²) in [6.07, 6.45) is -3.95. The van der Waals surface area contributed by atoms with Crippen molar-refractivity contribution in [3.8, 4) is 0 Å². The van der Waals surface area contributed by atoms with Crippen LogP contribution in [0, 0.1) is 16.0 Å². The van der Waals surface area contributed by atoms with Crippen LogP contribution in [-0.4, -0.2) is 29.1 Å². The second-order valence-corrected chi connectivity index (χ2v) is 5.99. The van der Waals surface area contributed by atoms with E-state index in [9.17, 15) is 23.3 Å². The fourth-order valence-corrected chi connectivity index (χ4v) is 2.86. The van der Waals surface area contributed by atoms with Crippen molar-refractivity contribution in [2.45, 2.75) is 25.6 Å². The molecule has 0 amide bonds. The van der Waals surface area contributed by atoms with E-state index < -0.39 is 17.0 Å². The van der Waals surface area contributed by atoms with E-state index in [0.29, 0.717) is 24.1 Å². The van der Waals surface area contributed by atoms with Crippen LogP contribution in [0.1, 0.15) is 18.4 Å². The van der Waals surface area contributed by atoms with Gasteiger partial charge in [-0.25, -0.2) is 0 Å². The fraction of sp³-hybridized carbons (Fsp3) is 0.538. The van der Waals surface area contributed by atoms with E-state index in [4.69, 9.17) is 0 Å². The Morgan fingerprint density at radius 3 is 2.48 bits per heavy atom. The molecule has 116 valence electrons. The molecule has 4 nitrogen and oxygen atoms in total. The van der Waals surface area contributed by atoms with Gasteiger partial charge < -0.3 is 0 Å². The van der Waals surface area contributed by atoms with Crippen LogP contribution in [0.2, 0.25) is 0 Å². The predicted octanol–water partition coefficient (Wildman–Crippen LogP) is 4.13. The Bertz CT molecular complexity index is 529. The third kappa shape index (κ3) is 4.16. The normalized spacial score (nSPS) is 17.9. The first-order valence-electron chi connectivity index (χ1n) is 6.49. The van der Waals surface area contributed by atoms with Crippen LogP contribution < -0.4 is 0 Å². The highest BCUT2D eigenvalue weighted by molar-refractivity contribution is 9.10. The van der Waals surface area contributed by atoms with E-state index in [1.54, 1.807) is 12.1 Å². The molecule has 0 aromatic heterocycles. The van der Waals surface area contributed by atoms with Crippen molar-refractivity contribution >= 4 is 21.6 Å². The zero-order valence-corrected chi connectivity index (χ0v) is 12.7. The second-order valence-electron chi connectivity index (χ2n) is 5.13. The van der Waals surface area contributed by atoms with E-state index >= 15 is 0 Å². The topological polar surface area (TPSA) is 46.4 Å². The molecule has 0 spiro atoms. The predicted molar refractivity (Wildman–Crippen MR) is 74.9 cm³/mol. The summed E-state index contributed by atoms with van der Waals surface area (Å²) in [5.41, 5.74) is 0.702. The number of piperidine rings is 1. The summed E-state index contributed by atoms with van der Waals surface area (Å²) in [6, 6.07) is 4.79. The molecule has 1 aliphatic rings. The van der Waals surface area contributed by atoms with Gasteiger partial charge in [-0.2, -0.15) is 13.2 Å². The highest BCUT2D eigenvalue weighted by atomic mass is 79.9. The van der Waals surface area contributed by atoms with Gasteiger partial charge in [-0.3, -0.25) is 15.0 Å². The van der Waals surface area contributed by atoms with Crippen molar-refractivity contribution in [3.05, 3.63) is 38.3 Å².